The number of aromatic nitrogens is 1. The Bertz CT molecular complexity index is 577. The van der Waals surface area contributed by atoms with Gasteiger partial charge in [-0.2, -0.15) is 4.99 Å². The molecule has 0 N–H and O–H groups in total. The van der Waals surface area contributed by atoms with Crippen LogP contribution in [0.2, 0.25) is 5.15 Å². The summed E-state index contributed by atoms with van der Waals surface area (Å²) < 4.78 is 0. The first-order valence-corrected chi connectivity index (χ1v) is 7.81. The van der Waals surface area contributed by atoms with Crippen molar-refractivity contribution in [2.45, 2.75) is 19.3 Å². The van der Waals surface area contributed by atoms with Gasteiger partial charge in [0, 0.05) is 19.3 Å². The van der Waals surface area contributed by atoms with Crippen LogP contribution >= 0.6 is 23.4 Å². The van der Waals surface area contributed by atoms with Crippen molar-refractivity contribution in [3.05, 3.63) is 34.0 Å². The van der Waals surface area contributed by atoms with Gasteiger partial charge in [-0.15, -0.1) is 0 Å². The highest BCUT2D eigenvalue weighted by Gasteiger charge is 2.26. The summed E-state index contributed by atoms with van der Waals surface area (Å²) in [5.41, 5.74) is 0.861. The van der Waals surface area contributed by atoms with E-state index in [0.29, 0.717) is 10.1 Å². The van der Waals surface area contributed by atoms with Gasteiger partial charge < -0.3 is 4.90 Å². The molecule has 104 valence electrons. The standard InChI is InChI=1S/C14H14ClN3OS/c15-12-5-4-10(9-16-12)8-11-13(19)17-14(20-11)18-6-2-1-3-7-18/h4-5,8-9H,1-3,6-7H2/b11-8+. The van der Waals surface area contributed by atoms with E-state index in [2.05, 4.69) is 14.9 Å². The van der Waals surface area contributed by atoms with Crippen LogP contribution in [-0.2, 0) is 4.79 Å². The Balaban J connectivity index is 1.74. The van der Waals surface area contributed by atoms with Gasteiger partial charge in [0.15, 0.2) is 5.17 Å². The first kappa shape index (κ1) is 13.6. The molecule has 1 aromatic rings. The molecule has 0 aliphatic carbocycles. The zero-order valence-corrected chi connectivity index (χ0v) is 12.5. The molecule has 0 spiro atoms. The van der Waals surface area contributed by atoms with E-state index in [9.17, 15) is 4.79 Å². The lowest BCUT2D eigenvalue weighted by molar-refractivity contribution is -0.113. The maximum absolute atomic E-state index is 11.9. The largest absolute Gasteiger partial charge is 0.351 e. The SMILES string of the molecule is O=C1N=C(N2CCCCC2)S/C1=C/c1ccc(Cl)nc1. The lowest BCUT2D eigenvalue weighted by Gasteiger charge is -2.27. The van der Waals surface area contributed by atoms with Gasteiger partial charge in [0.05, 0.1) is 4.91 Å². The van der Waals surface area contributed by atoms with Crippen molar-refractivity contribution in [1.29, 1.82) is 0 Å². The molecule has 4 nitrogen and oxygen atoms in total. The minimum absolute atomic E-state index is 0.162. The fourth-order valence-corrected chi connectivity index (χ4v) is 3.32. The molecule has 0 bridgehead atoms. The summed E-state index contributed by atoms with van der Waals surface area (Å²) in [6, 6.07) is 3.56. The van der Waals surface area contributed by atoms with Crippen molar-refractivity contribution in [2.24, 2.45) is 4.99 Å². The maximum atomic E-state index is 11.9. The maximum Gasteiger partial charge on any atom is 0.286 e. The number of amidine groups is 1. The predicted molar refractivity (Wildman–Crippen MR) is 82.7 cm³/mol. The quantitative estimate of drug-likeness (QED) is 0.590. The molecule has 6 heteroatoms. The van der Waals surface area contributed by atoms with Crippen molar-refractivity contribution in [3.63, 3.8) is 0 Å². The Hall–Kier alpha value is -1.33. The summed E-state index contributed by atoms with van der Waals surface area (Å²) in [6.45, 7) is 1.99. The Kier molecular flexibility index (Phi) is 4.08. The second-order valence-corrected chi connectivity index (χ2v) is 6.17. The molecule has 2 aliphatic rings. The molecule has 0 aromatic carbocycles. The average Bonchev–Trinajstić information content (AvgIpc) is 2.84. The minimum atomic E-state index is -0.162. The number of halogens is 1. The summed E-state index contributed by atoms with van der Waals surface area (Å²) in [5, 5.41) is 1.28. The fraction of sp³-hybridized carbons (Fsp3) is 0.357. The summed E-state index contributed by atoms with van der Waals surface area (Å²) in [4.78, 5) is 23.0. The Morgan fingerprint density at radius 3 is 2.75 bits per heavy atom. The highest BCUT2D eigenvalue weighted by atomic mass is 35.5. The summed E-state index contributed by atoms with van der Waals surface area (Å²) >= 11 is 7.20. The summed E-state index contributed by atoms with van der Waals surface area (Å²) in [7, 11) is 0. The number of thioether (sulfide) groups is 1. The summed E-state index contributed by atoms with van der Waals surface area (Å²) in [5.74, 6) is -0.162. The third kappa shape index (κ3) is 3.04. The van der Waals surface area contributed by atoms with Gasteiger partial charge >= 0.3 is 0 Å². The molecule has 0 radical (unpaired) electrons. The molecule has 2 aliphatic heterocycles. The Morgan fingerprint density at radius 2 is 2.05 bits per heavy atom. The van der Waals surface area contributed by atoms with E-state index in [1.165, 1.54) is 31.0 Å². The molecule has 1 saturated heterocycles. The molecule has 0 atom stereocenters. The van der Waals surface area contributed by atoms with Gasteiger partial charge in [0.2, 0.25) is 0 Å². The third-order valence-electron chi connectivity index (χ3n) is 3.28. The number of nitrogens with zero attached hydrogens (tertiary/aromatic N) is 3. The summed E-state index contributed by atoms with van der Waals surface area (Å²) in [6.07, 6.45) is 7.09. The zero-order valence-electron chi connectivity index (χ0n) is 10.9. The number of pyridine rings is 1. The minimum Gasteiger partial charge on any atom is -0.351 e. The second kappa shape index (κ2) is 5.97. The smallest absolute Gasteiger partial charge is 0.286 e. The van der Waals surface area contributed by atoms with Crippen LogP contribution in [0.1, 0.15) is 24.8 Å². The topological polar surface area (TPSA) is 45.6 Å². The van der Waals surface area contributed by atoms with Crippen molar-refractivity contribution in [1.82, 2.24) is 9.88 Å². The van der Waals surface area contributed by atoms with Gasteiger partial charge in [-0.25, -0.2) is 4.98 Å². The number of amides is 1. The van der Waals surface area contributed by atoms with Gasteiger partial charge in [0.25, 0.3) is 5.91 Å². The molecule has 1 aromatic heterocycles. The van der Waals surface area contributed by atoms with Crippen LogP contribution in [0.25, 0.3) is 6.08 Å². The number of rotatable bonds is 1. The van der Waals surface area contributed by atoms with Crippen LogP contribution < -0.4 is 0 Å². The van der Waals surface area contributed by atoms with Crippen molar-refractivity contribution < 1.29 is 4.79 Å². The Morgan fingerprint density at radius 1 is 1.25 bits per heavy atom. The lowest BCUT2D eigenvalue weighted by Crippen LogP contribution is -2.33. The van der Waals surface area contributed by atoms with Crippen LogP contribution in [0.3, 0.4) is 0 Å². The lowest BCUT2D eigenvalue weighted by atomic mass is 10.1. The fourth-order valence-electron chi connectivity index (χ4n) is 2.24. The van der Waals surface area contributed by atoms with E-state index >= 15 is 0 Å². The zero-order chi connectivity index (χ0) is 13.9. The third-order valence-corrected chi connectivity index (χ3v) is 4.55. The molecule has 1 fully saturated rings. The van der Waals surface area contributed by atoms with Crippen LogP contribution in [0.5, 0.6) is 0 Å². The van der Waals surface area contributed by atoms with Crippen LogP contribution in [-0.4, -0.2) is 34.0 Å². The molecule has 0 unspecified atom stereocenters. The molecular weight excluding hydrogens is 294 g/mol. The van der Waals surface area contributed by atoms with Crippen molar-refractivity contribution >= 4 is 40.5 Å². The molecule has 20 heavy (non-hydrogen) atoms. The Labute approximate surface area is 126 Å². The first-order valence-electron chi connectivity index (χ1n) is 6.61. The van der Waals surface area contributed by atoms with Gasteiger partial charge in [0.1, 0.15) is 5.15 Å². The van der Waals surface area contributed by atoms with E-state index in [1.807, 2.05) is 12.1 Å². The van der Waals surface area contributed by atoms with E-state index in [0.717, 1.165) is 23.8 Å². The monoisotopic (exact) mass is 307 g/mol. The van der Waals surface area contributed by atoms with Crippen LogP contribution in [0, 0.1) is 0 Å². The predicted octanol–water partition coefficient (Wildman–Crippen LogP) is 3.19. The normalized spacial score (nSPS) is 21.4. The number of hydrogen-bond donors (Lipinski definition) is 0. The highest BCUT2D eigenvalue weighted by Crippen LogP contribution is 2.31. The number of carbonyl (C=O) groups excluding carboxylic acids is 1. The number of carbonyl (C=O) groups is 1. The van der Waals surface area contributed by atoms with Crippen molar-refractivity contribution in [2.75, 3.05) is 13.1 Å². The van der Waals surface area contributed by atoms with E-state index in [-0.39, 0.29) is 5.91 Å². The van der Waals surface area contributed by atoms with Gasteiger partial charge in [-0.1, -0.05) is 17.7 Å². The van der Waals surface area contributed by atoms with Crippen LogP contribution in [0.15, 0.2) is 28.2 Å². The van der Waals surface area contributed by atoms with E-state index in [1.54, 1.807) is 12.3 Å². The molecule has 3 rings (SSSR count). The van der Waals surface area contributed by atoms with Crippen LogP contribution in [0.4, 0.5) is 0 Å². The van der Waals surface area contributed by atoms with Gasteiger partial charge in [-0.05, 0) is 48.7 Å². The molecule has 0 saturated carbocycles. The van der Waals surface area contributed by atoms with E-state index in [4.69, 9.17) is 11.6 Å². The number of hydrogen-bond acceptors (Lipinski definition) is 4. The molecule has 1 amide bonds. The average molecular weight is 308 g/mol. The van der Waals surface area contributed by atoms with Gasteiger partial charge in [-0.3, -0.25) is 4.79 Å². The molecular formula is C14H14ClN3OS. The number of likely N-dealkylation sites (tertiary alicyclic amines) is 1. The number of aliphatic imine (C=N–C) groups is 1. The second-order valence-electron chi connectivity index (χ2n) is 4.77. The van der Waals surface area contributed by atoms with Crippen molar-refractivity contribution in [3.8, 4) is 0 Å². The molecule has 3 heterocycles. The van der Waals surface area contributed by atoms with E-state index < -0.39 is 0 Å². The highest BCUT2D eigenvalue weighted by molar-refractivity contribution is 8.18. The first-order chi connectivity index (χ1) is 9.72. The number of piperidine rings is 1.